The van der Waals surface area contributed by atoms with Crippen LogP contribution in [0, 0.1) is 0 Å². The summed E-state index contributed by atoms with van der Waals surface area (Å²) in [5.74, 6) is 0.780. The fraction of sp³-hybridized carbons (Fsp3) is 0.909. The quantitative estimate of drug-likeness (QED) is 0.271. The van der Waals surface area contributed by atoms with Gasteiger partial charge in [0.05, 0.1) is 6.26 Å². The summed E-state index contributed by atoms with van der Waals surface area (Å²) < 4.78 is 24.2. The zero-order valence-corrected chi connectivity index (χ0v) is 15.4. The SMILES string of the molecule is CCNC(=NCCCN(CC)S(C)(=O)=O)NCC.I. The number of hydrogen-bond acceptors (Lipinski definition) is 3. The van der Waals surface area contributed by atoms with Crippen molar-refractivity contribution >= 4 is 40.0 Å². The molecule has 0 aromatic heterocycles. The van der Waals surface area contributed by atoms with Crippen molar-refractivity contribution in [3.05, 3.63) is 0 Å². The van der Waals surface area contributed by atoms with E-state index >= 15 is 0 Å². The predicted molar refractivity (Wildman–Crippen MR) is 91.8 cm³/mol. The highest BCUT2D eigenvalue weighted by molar-refractivity contribution is 14.0. The molecule has 0 unspecified atom stereocenters. The van der Waals surface area contributed by atoms with Crippen LogP contribution in [0.2, 0.25) is 0 Å². The van der Waals surface area contributed by atoms with E-state index in [-0.39, 0.29) is 24.0 Å². The molecule has 116 valence electrons. The van der Waals surface area contributed by atoms with Gasteiger partial charge >= 0.3 is 0 Å². The highest BCUT2D eigenvalue weighted by atomic mass is 127. The Kier molecular flexibility index (Phi) is 13.1. The first kappa shape index (κ1) is 21.2. The van der Waals surface area contributed by atoms with Crippen molar-refractivity contribution in [2.24, 2.45) is 4.99 Å². The van der Waals surface area contributed by atoms with E-state index in [1.54, 1.807) is 0 Å². The Hall–Kier alpha value is -0.0900. The lowest BCUT2D eigenvalue weighted by Gasteiger charge is -2.17. The average Bonchev–Trinajstić information content (AvgIpc) is 2.27. The number of nitrogens with one attached hydrogen (secondary N) is 2. The minimum absolute atomic E-state index is 0. The summed E-state index contributed by atoms with van der Waals surface area (Å²) in [4.78, 5) is 4.36. The van der Waals surface area contributed by atoms with Crippen molar-refractivity contribution in [2.45, 2.75) is 27.2 Å². The van der Waals surface area contributed by atoms with Gasteiger partial charge in [0.15, 0.2) is 5.96 Å². The summed E-state index contributed by atoms with van der Waals surface area (Å²) in [7, 11) is -3.08. The number of nitrogens with zero attached hydrogens (tertiary/aromatic N) is 2. The van der Waals surface area contributed by atoms with Crippen molar-refractivity contribution in [3.63, 3.8) is 0 Å². The van der Waals surface area contributed by atoms with Gasteiger partial charge in [-0.25, -0.2) is 12.7 Å². The maximum atomic E-state index is 11.4. The number of aliphatic imine (C=N–C) groups is 1. The molecular weight excluding hydrogens is 379 g/mol. The molecule has 0 saturated carbocycles. The zero-order valence-electron chi connectivity index (χ0n) is 12.3. The molecular formula is C11H27IN4O2S. The molecule has 0 atom stereocenters. The molecule has 0 rings (SSSR count). The van der Waals surface area contributed by atoms with Crippen LogP contribution in [-0.4, -0.2) is 57.7 Å². The van der Waals surface area contributed by atoms with Crippen molar-refractivity contribution in [1.82, 2.24) is 14.9 Å². The van der Waals surface area contributed by atoms with Crippen molar-refractivity contribution in [1.29, 1.82) is 0 Å². The van der Waals surface area contributed by atoms with Gasteiger partial charge in [0.1, 0.15) is 0 Å². The van der Waals surface area contributed by atoms with E-state index < -0.39 is 10.0 Å². The van der Waals surface area contributed by atoms with Gasteiger partial charge < -0.3 is 10.6 Å². The van der Waals surface area contributed by atoms with Crippen LogP contribution < -0.4 is 10.6 Å². The number of guanidine groups is 1. The molecule has 19 heavy (non-hydrogen) atoms. The third-order valence-electron chi connectivity index (χ3n) is 2.35. The Balaban J connectivity index is 0. The lowest BCUT2D eigenvalue weighted by atomic mass is 10.4. The predicted octanol–water partition coefficient (Wildman–Crippen LogP) is 0.851. The molecule has 6 nitrogen and oxygen atoms in total. The molecule has 0 aliphatic heterocycles. The van der Waals surface area contributed by atoms with Gasteiger partial charge in [0.2, 0.25) is 10.0 Å². The first-order valence-corrected chi connectivity index (χ1v) is 8.27. The minimum atomic E-state index is -3.08. The van der Waals surface area contributed by atoms with Gasteiger partial charge in [-0.1, -0.05) is 6.92 Å². The Morgan fingerprint density at radius 1 is 1.16 bits per heavy atom. The number of hydrogen-bond donors (Lipinski definition) is 2. The Morgan fingerprint density at radius 3 is 2.05 bits per heavy atom. The van der Waals surface area contributed by atoms with Crippen LogP contribution in [0.15, 0.2) is 4.99 Å². The monoisotopic (exact) mass is 406 g/mol. The number of sulfonamides is 1. The third kappa shape index (κ3) is 10.4. The van der Waals surface area contributed by atoms with Gasteiger partial charge in [0.25, 0.3) is 0 Å². The summed E-state index contributed by atoms with van der Waals surface area (Å²) in [6.07, 6.45) is 1.96. The molecule has 0 aliphatic carbocycles. The molecule has 0 fully saturated rings. The van der Waals surface area contributed by atoms with E-state index in [2.05, 4.69) is 15.6 Å². The fourth-order valence-electron chi connectivity index (χ4n) is 1.51. The van der Waals surface area contributed by atoms with Crippen LogP contribution in [0.1, 0.15) is 27.2 Å². The standard InChI is InChI=1S/C11H26N4O2S.HI/c1-5-12-11(13-6-2)14-9-8-10-15(7-3)18(4,16)17;/h5-10H2,1-4H3,(H2,12,13,14);1H. The Labute approximate surface area is 134 Å². The van der Waals surface area contributed by atoms with Gasteiger partial charge in [-0.3, -0.25) is 4.99 Å². The molecule has 0 aromatic rings. The average molecular weight is 406 g/mol. The van der Waals surface area contributed by atoms with Crippen molar-refractivity contribution in [2.75, 3.05) is 39.0 Å². The highest BCUT2D eigenvalue weighted by Gasteiger charge is 2.12. The zero-order chi connectivity index (χ0) is 14.0. The Morgan fingerprint density at radius 2 is 1.68 bits per heavy atom. The van der Waals surface area contributed by atoms with Crippen LogP contribution >= 0.6 is 24.0 Å². The molecule has 0 amide bonds. The lowest BCUT2D eigenvalue weighted by Crippen LogP contribution is -2.37. The molecule has 0 spiro atoms. The van der Waals surface area contributed by atoms with E-state index in [0.29, 0.717) is 19.6 Å². The van der Waals surface area contributed by atoms with E-state index in [0.717, 1.165) is 25.5 Å². The molecule has 0 bridgehead atoms. The molecule has 0 radical (unpaired) electrons. The van der Waals surface area contributed by atoms with E-state index in [9.17, 15) is 8.42 Å². The maximum Gasteiger partial charge on any atom is 0.211 e. The summed E-state index contributed by atoms with van der Waals surface area (Å²) in [5, 5.41) is 6.25. The fourth-order valence-corrected chi connectivity index (χ4v) is 2.44. The highest BCUT2D eigenvalue weighted by Crippen LogP contribution is 1.98. The third-order valence-corrected chi connectivity index (χ3v) is 3.72. The summed E-state index contributed by atoms with van der Waals surface area (Å²) in [6.45, 7) is 9.13. The molecule has 0 aromatic carbocycles. The van der Waals surface area contributed by atoms with Crippen LogP contribution in [0.5, 0.6) is 0 Å². The number of rotatable bonds is 8. The molecule has 0 heterocycles. The Bertz CT molecular complexity index is 339. The van der Waals surface area contributed by atoms with E-state index in [1.165, 1.54) is 10.6 Å². The van der Waals surface area contributed by atoms with E-state index in [4.69, 9.17) is 0 Å². The first-order chi connectivity index (χ1) is 8.45. The summed E-state index contributed by atoms with van der Waals surface area (Å²) >= 11 is 0. The van der Waals surface area contributed by atoms with Gasteiger partial charge in [-0.15, -0.1) is 24.0 Å². The second-order valence-electron chi connectivity index (χ2n) is 3.90. The topological polar surface area (TPSA) is 73.8 Å². The lowest BCUT2D eigenvalue weighted by molar-refractivity contribution is 0.427. The minimum Gasteiger partial charge on any atom is -0.357 e. The number of halogens is 1. The molecule has 0 aliphatic rings. The second kappa shape index (κ2) is 11.7. The first-order valence-electron chi connectivity index (χ1n) is 6.42. The van der Waals surface area contributed by atoms with Gasteiger partial charge in [-0.05, 0) is 20.3 Å². The maximum absolute atomic E-state index is 11.4. The largest absolute Gasteiger partial charge is 0.357 e. The normalized spacial score (nSPS) is 10.8. The van der Waals surface area contributed by atoms with Crippen molar-refractivity contribution < 1.29 is 8.42 Å². The second-order valence-corrected chi connectivity index (χ2v) is 5.88. The molecule has 8 heteroatoms. The van der Waals surface area contributed by atoms with Crippen LogP contribution in [-0.2, 0) is 10.0 Å². The molecule has 0 saturated heterocycles. The van der Waals surface area contributed by atoms with Crippen molar-refractivity contribution in [3.8, 4) is 0 Å². The summed E-state index contributed by atoms with van der Waals surface area (Å²) in [6, 6.07) is 0. The van der Waals surface area contributed by atoms with Crippen LogP contribution in [0.4, 0.5) is 0 Å². The van der Waals surface area contributed by atoms with Gasteiger partial charge in [0, 0.05) is 32.7 Å². The smallest absolute Gasteiger partial charge is 0.211 e. The van der Waals surface area contributed by atoms with Crippen LogP contribution in [0.25, 0.3) is 0 Å². The van der Waals surface area contributed by atoms with Gasteiger partial charge in [-0.2, -0.15) is 0 Å². The van der Waals surface area contributed by atoms with Crippen LogP contribution in [0.3, 0.4) is 0 Å². The summed E-state index contributed by atoms with van der Waals surface area (Å²) in [5.41, 5.74) is 0. The molecule has 2 N–H and O–H groups in total. The van der Waals surface area contributed by atoms with E-state index in [1.807, 2.05) is 20.8 Å².